The highest BCUT2D eigenvalue weighted by Crippen LogP contribution is 2.15. The second-order valence-electron chi connectivity index (χ2n) is 4.66. The summed E-state index contributed by atoms with van der Waals surface area (Å²) < 4.78 is 1.57. The van der Waals surface area contributed by atoms with Crippen LogP contribution < -0.4 is 11.1 Å². The number of anilines is 1. The predicted molar refractivity (Wildman–Crippen MR) is 82.2 cm³/mol. The van der Waals surface area contributed by atoms with Crippen molar-refractivity contribution in [2.24, 2.45) is 12.8 Å². The Hall–Kier alpha value is -1.85. The first kappa shape index (κ1) is 16.2. The third-order valence-electron chi connectivity index (χ3n) is 2.93. The second-order valence-corrected chi connectivity index (χ2v) is 4.66. The highest BCUT2D eigenvalue weighted by molar-refractivity contribution is 6.03. The molecule has 0 saturated carbocycles. The average molecular weight is 295 g/mol. The van der Waals surface area contributed by atoms with Gasteiger partial charge < -0.3 is 11.1 Å². The SMILES string of the molecule is Cc1cc(C(=O)Nc2ccc(C(C)N)cc2)n(C)n1.Cl. The number of amides is 1. The number of benzene rings is 1. The highest BCUT2D eigenvalue weighted by Gasteiger charge is 2.11. The predicted octanol–water partition coefficient (Wildman–Crippen LogP) is 2.42. The van der Waals surface area contributed by atoms with Crippen LogP contribution in [0.2, 0.25) is 0 Å². The Morgan fingerprint density at radius 1 is 1.35 bits per heavy atom. The van der Waals surface area contributed by atoms with Crippen molar-refractivity contribution in [3.05, 3.63) is 47.3 Å². The molecule has 1 aromatic heterocycles. The molecule has 0 aliphatic heterocycles. The lowest BCUT2D eigenvalue weighted by Crippen LogP contribution is -2.16. The molecule has 5 nitrogen and oxygen atoms in total. The number of carbonyl (C=O) groups is 1. The van der Waals surface area contributed by atoms with Gasteiger partial charge >= 0.3 is 0 Å². The molecule has 108 valence electrons. The van der Waals surface area contributed by atoms with Crippen LogP contribution in [-0.4, -0.2) is 15.7 Å². The van der Waals surface area contributed by atoms with Crippen LogP contribution in [0.1, 0.15) is 34.7 Å². The molecule has 0 spiro atoms. The number of carbonyl (C=O) groups excluding carboxylic acids is 1. The zero-order chi connectivity index (χ0) is 14.0. The lowest BCUT2D eigenvalue weighted by atomic mass is 10.1. The van der Waals surface area contributed by atoms with Gasteiger partial charge in [0.15, 0.2) is 0 Å². The minimum Gasteiger partial charge on any atom is -0.324 e. The lowest BCUT2D eigenvalue weighted by molar-refractivity contribution is 0.101. The number of aromatic nitrogens is 2. The Labute approximate surface area is 124 Å². The summed E-state index contributed by atoms with van der Waals surface area (Å²) >= 11 is 0. The van der Waals surface area contributed by atoms with E-state index >= 15 is 0 Å². The maximum absolute atomic E-state index is 12.1. The van der Waals surface area contributed by atoms with Crippen molar-refractivity contribution in [1.82, 2.24) is 9.78 Å². The van der Waals surface area contributed by atoms with Gasteiger partial charge in [0.25, 0.3) is 5.91 Å². The van der Waals surface area contributed by atoms with Gasteiger partial charge in [-0.2, -0.15) is 5.10 Å². The summed E-state index contributed by atoms with van der Waals surface area (Å²) in [6.45, 7) is 3.78. The minimum atomic E-state index is -0.170. The van der Waals surface area contributed by atoms with E-state index in [1.54, 1.807) is 17.8 Å². The monoisotopic (exact) mass is 294 g/mol. The molecule has 0 aliphatic carbocycles. The van der Waals surface area contributed by atoms with Gasteiger partial charge in [0.1, 0.15) is 5.69 Å². The van der Waals surface area contributed by atoms with Crippen LogP contribution in [0.25, 0.3) is 0 Å². The number of nitrogens with two attached hydrogens (primary N) is 1. The summed E-state index contributed by atoms with van der Waals surface area (Å²) in [7, 11) is 1.75. The fourth-order valence-corrected chi connectivity index (χ4v) is 1.89. The van der Waals surface area contributed by atoms with Gasteiger partial charge in [-0.1, -0.05) is 12.1 Å². The van der Waals surface area contributed by atoms with Gasteiger partial charge in [-0.05, 0) is 37.6 Å². The topological polar surface area (TPSA) is 72.9 Å². The van der Waals surface area contributed by atoms with Gasteiger partial charge in [0.05, 0.1) is 5.69 Å². The van der Waals surface area contributed by atoms with Gasteiger partial charge in [0, 0.05) is 18.8 Å². The lowest BCUT2D eigenvalue weighted by Gasteiger charge is -2.08. The zero-order valence-corrected chi connectivity index (χ0v) is 12.6. The first-order valence-electron chi connectivity index (χ1n) is 6.15. The average Bonchev–Trinajstić information content (AvgIpc) is 2.69. The number of nitrogens with zero attached hydrogens (tertiary/aromatic N) is 2. The minimum absolute atomic E-state index is 0. The fraction of sp³-hybridized carbons (Fsp3) is 0.286. The van der Waals surface area contributed by atoms with Crippen molar-refractivity contribution in [3.63, 3.8) is 0 Å². The molecule has 1 atom stereocenters. The van der Waals surface area contributed by atoms with Crippen LogP contribution in [0.3, 0.4) is 0 Å². The molecule has 1 amide bonds. The number of rotatable bonds is 3. The van der Waals surface area contributed by atoms with Crippen molar-refractivity contribution < 1.29 is 4.79 Å². The Balaban J connectivity index is 0.00000200. The molecule has 0 saturated heterocycles. The maximum Gasteiger partial charge on any atom is 0.273 e. The Morgan fingerprint density at radius 2 is 1.95 bits per heavy atom. The van der Waals surface area contributed by atoms with Crippen molar-refractivity contribution in [1.29, 1.82) is 0 Å². The van der Waals surface area contributed by atoms with E-state index in [0.29, 0.717) is 5.69 Å². The van der Waals surface area contributed by atoms with Crippen LogP contribution in [0.5, 0.6) is 0 Å². The van der Waals surface area contributed by atoms with Crippen molar-refractivity contribution in [2.75, 3.05) is 5.32 Å². The Morgan fingerprint density at radius 3 is 2.40 bits per heavy atom. The van der Waals surface area contributed by atoms with Crippen LogP contribution >= 0.6 is 12.4 Å². The molecule has 2 rings (SSSR count). The van der Waals surface area contributed by atoms with E-state index in [2.05, 4.69) is 10.4 Å². The van der Waals surface area contributed by atoms with Crippen LogP contribution in [-0.2, 0) is 7.05 Å². The molecule has 3 N–H and O–H groups in total. The quantitative estimate of drug-likeness (QED) is 0.913. The number of nitrogens with one attached hydrogen (secondary N) is 1. The number of hydrogen-bond donors (Lipinski definition) is 2. The van der Waals surface area contributed by atoms with E-state index in [4.69, 9.17) is 5.73 Å². The molecule has 20 heavy (non-hydrogen) atoms. The highest BCUT2D eigenvalue weighted by atomic mass is 35.5. The maximum atomic E-state index is 12.1. The molecule has 0 aliphatic rings. The third kappa shape index (κ3) is 3.59. The zero-order valence-electron chi connectivity index (χ0n) is 11.8. The van der Waals surface area contributed by atoms with E-state index in [0.717, 1.165) is 16.9 Å². The van der Waals surface area contributed by atoms with E-state index in [9.17, 15) is 4.79 Å². The molecule has 1 aromatic carbocycles. The standard InChI is InChI=1S/C14H18N4O.ClH/c1-9-8-13(18(3)17-9)14(19)16-12-6-4-11(5-7-12)10(2)15;/h4-8,10H,15H2,1-3H3,(H,16,19);1H. The third-order valence-corrected chi connectivity index (χ3v) is 2.93. The number of aryl methyl sites for hydroxylation is 2. The first-order valence-corrected chi connectivity index (χ1v) is 6.15. The van der Waals surface area contributed by atoms with Crippen molar-refractivity contribution >= 4 is 24.0 Å². The van der Waals surface area contributed by atoms with E-state index in [1.807, 2.05) is 38.1 Å². The Bertz CT molecular complexity index is 590. The van der Waals surface area contributed by atoms with Gasteiger partial charge in [-0.3, -0.25) is 9.48 Å². The molecule has 2 aromatic rings. The molecule has 1 heterocycles. The summed E-state index contributed by atoms with van der Waals surface area (Å²) in [5, 5.41) is 6.99. The van der Waals surface area contributed by atoms with E-state index in [1.165, 1.54) is 0 Å². The summed E-state index contributed by atoms with van der Waals surface area (Å²) in [4.78, 5) is 12.1. The largest absolute Gasteiger partial charge is 0.324 e. The molecule has 0 bridgehead atoms. The van der Waals surface area contributed by atoms with Gasteiger partial charge in [-0.25, -0.2) is 0 Å². The molecule has 6 heteroatoms. The number of hydrogen-bond acceptors (Lipinski definition) is 3. The van der Waals surface area contributed by atoms with Crippen LogP contribution in [0.15, 0.2) is 30.3 Å². The van der Waals surface area contributed by atoms with Crippen LogP contribution in [0.4, 0.5) is 5.69 Å². The summed E-state index contributed by atoms with van der Waals surface area (Å²) in [5.74, 6) is -0.170. The fourth-order valence-electron chi connectivity index (χ4n) is 1.89. The Kier molecular flexibility index (Phi) is 5.30. The smallest absolute Gasteiger partial charge is 0.273 e. The normalized spacial score (nSPS) is 11.6. The summed E-state index contributed by atoms with van der Waals surface area (Å²) in [5.41, 5.74) is 8.92. The molecular weight excluding hydrogens is 276 g/mol. The van der Waals surface area contributed by atoms with Gasteiger partial charge in [-0.15, -0.1) is 12.4 Å². The molecule has 0 fully saturated rings. The summed E-state index contributed by atoms with van der Waals surface area (Å²) in [6.07, 6.45) is 0. The van der Waals surface area contributed by atoms with Crippen molar-refractivity contribution in [3.8, 4) is 0 Å². The second kappa shape index (κ2) is 6.54. The molecular formula is C14H19ClN4O. The number of halogens is 1. The first-order chi connectivity index (χ1) is 8.97. The van der Waals surface area contributed by atoms with E-state index < -0.39 is 0 Å². The van der Waals surface area contributed by atoms with Crippen molar-refractivity contribution in [2.45, 2.75) is 19.9 Å². The van der Waals surface area contributed by atoms with Gasteiger partial charge in [0.2, 0.25) is 0 Å². The van der Waals surface area contributed by atoms with Crippen LogP contribution in [0, 0.1) is 6.92 Å². The van der Waals surface area contributed by atoms with E-state index in [-0.39, 0.29) is 24.4 Å². The molecule has 0 radical (unpaired) electrons. The summed E-state index contributed by atoms with van der Waals surface area (Å²) in [6, 6.07) is 9.26. The molecule has 1 unspecified atom stereocenters.